The number of hydrogen-bond donors (Lipinski definition) is 2. The number of nitrogens with one attached hydrogen (secondary N) is 1. The fraction of sp³-hybridized carbons (Fsp3) is 0.250. The number of hydrogen-bond acceptors (Lipinski definition) is 3. The van der Waals surface area contributed by atoms with Crippen LogP contribution in [0.3, 0.4) is 0 Å². The molecule has 2 rings (SSSR count). The maximum absolute atomic E-state index is 12.9. The maximum atomic E-state index is 12.9. The molecule has 0 bridgehead atoms. The van der Waals surface area contributed by atoms with Gasteiger partial charge in [0.25, 0.3) is 11.8 Å². The Labute approximate surface area is 114 Å². The molecule has 104 valence electrons. The van der Waals surface area contributed by atoms with Crippen molar-refractivity contribution < 1.29 is 18.0 Å². The first-order valence-electron chi connectivity index (χ1n) is 5.36. The van der Waals surface area contributed by atoms with Crippen LogP contribution >= 0.6 is 12.4 Å². The summed E-state index contributed by atoms with van der Waals surface area (Å²) in [6, 6.07) is 8.52. The van der Waals surface area contributed by atoms with Crippen LogP contribution in [-0.2, 0) is 0 Å². The molecule has 19 heavy (non-hydrogen) atoms. The van der Waals surface area contributed by atoms with Crippen LogP contribution in [0.25, 0.3) is 11.0 Å². The van der Waals surface area contributed by atoms with Gasteiger partial charge in [0, 0.05) is 5.39 Å². The van der Waals surface area contributed by atoms with E-state index in [4.69, 9.17) is 10.2 Å². The summed E-state index contributed by atoms with van der Waals surface area (Å²) in [5, 5.41) is 2.83. The molecule has 1 aromatic heterocycles. The highest BCUT2D eigenvalue weighted by molar-refractivity contribution is 5.96. The normalized spacial score (nSPS) is 11.1. The van der Waals surface area contributed by atoms with Crippen molar-refractivity contribution in [1.29, 1.82) is 0 Å². The van der Waals surface area contributed by atoms with Crippen molar-refractivity contribution in [2.45, 2.75) is 5.92 Å². The molecular weight excluding hydrogens is 278 g/mol. The molecule has 3 N–H and O–H groups in total. The molecule has 7 heteroatoms. The van der Waals surface area contributed by atoms with Gasteiger partial charge in [0.2, 0.25) is 0 Å². The summed E-state index contributed by atoms with van der Waals surface area (Å²) in [4.78, 5) is 11.6. The number of benzene rings is 1. The molecule has 0 unspecified atom stereocenters. The van der Waals surface area contributed by atoms with Crippen molar-refractivity contribution in [3.63, 3.8) is 0 Å². The fourth-order valence-electron chi connectivity index (χ4n) is 1.46. The lowest BCUT2D eigenvalue weighted by atomic mass is 10.2. The van der Waals surface area contributed by atoms with Gasteiger partial charge in [0.15, 0.2) is 5.76 Å². The van der Waals surface area contributed by atoms with Gasteiger partial charge in [-0.3, -0.25) is 4.79 Å². The molecule has 1 aromatic carbocycles. The van der Waals surface area contributed by atoms with E-state index in [2.05, 4.69) is 5.32 Å². The molecule has 0 fully saturated rings. The van der Waals surface area contributed by atoms with Crippen LogP contribution in [-0.4, -0.2) is 24.9 Å². The van der Waals surface area contributed by atoms with Gasteiger partial charge in [-0.05, 0) is 12.1 Å². The highest BCUT2D eigenvalue weighted by Crippen LogP contribution is 2.18. The van der Waals surface area contributed by atoms with Crippen LogP contribution in [0.15, 0.2) is 34.7 Å². The number of halogens is 3. The molecule has 1 amide bonds. The smallest absolute Gasteiger partial charge is 0.287 e. The van der Waals surface area contributed by atoms with E-state index in [0.29, 0.717) is 5.58 Å². The number of nitrogens with two attached hydrogens (primary N) is 1. The molecule has 4 nitrogen and oxygen atoms in total. The van der Waals surface area contributed by atoms with E-state index in [0.717, 1.165) is 5.39 Å². The number of fused-ring (bicyclic) bond motifs is 1. The zero-order valence-electron chi connectivity index (χ0n) is 9.86. The first-order valence-corrected chi connectivity index (χ1v) is 5.36. The molecule has 1 heterocycles. The van der Waals surface area contributed by atoms with Gasteiger partial charge in [0.05, 0.1) is 13.1 Å². The summed E-state index contributed by atoms with van der Waals surface area (Å²) >= 11 is 0. The third-order valence-electron chi connectivity index (χ3n) is 2.46. The largest absolute Gasteiger partial charge is 0.451 e. The second-order valence-electron chi connectivity index (χ2n) is 3.89. The maximum Gasteiger partial charge on any atom is 0.287 e. The van der Waals surface area contributed by atoms with E-state index in [1.807, 2.05) is 0 Å². The Morgan fingerprint density at radius 1 is 1.37 bits per heavy atom. The fourth-order valence-corrected chi connectivity index (χ4v) is 1.46. The minimum atomic E-state index is -3.11. The summed E-state index contributed by atoms with van der Waals surface area (Å²) in [5.74, 6) is -3.79. The van der Waals surface area contributed by atoms with Gasteiger partial charge in [-0.15, -0.1) is 12.4 Å². The summed E-state index contributed by atoms with van der Waals surface area (Å²) in [6.07, 6.45) is 0. The van der Waals surface area contributed by atoms with E-state index in [1.165, 1.54) is 6.07 Å². The van der Waals surface area contributed by atoms with Crippen molar-refractivity contribution in [2.24, 2.45) is 5.73 Å². The van der Waals surface area contributed by atoms with E-state index in [9.17, 15) is 13.6 Å². The quantitative estimate of drug-likeness (QED) is 0.907. The Morgan fingerprint density at radius 2 is 2.05 bits per heavy atom. The minimum Gasteiger partial charge on any atom is -0.451 e. The molecule has 0 radical (unpaired) electrons. The number of alkyl halides is 2. The second kappa shape index (κ2) is 5.99. The Balaban J connectivity index is 0.00000180. The first kappa shape index (κ1) is 15.4. The summed E-state index contributed by atoms with van der Waals surface area (Å²) in [6.45, 7) is -1.62. The average Bonchev–Trinajstić information content (AvgIpc) is 2.80. The Kier molecular flexibility index (Phi) is 4.85. The van der Waals surface area contributed by atoms with Crippen LogP contribution in [0.4, 0.5) is 8.78 Å². The van der Waals surface area contributed by atoms with Crippen molar-refractivity contribution >= 4 is 29.3 Å². The van der Waals surface area contributed by atoms with Gasteiger partial charge in [-0.25, -0.2) is 8.78 Å². The molecule has 0 atom stereocenters. The highest BCUT2D eigenvalue weighted by Gasteiger charge is 2.27. The number of amides is 1. The van der Waals surface area contributed by atoms with Crippen LogP contribution in [0, 0.1) is 0 Å². The number of para-hydroxylation sites is 1. The molecule has 0 saturated heterocycles. The zero-order valence-corrected chi connectivity index (χ0v) is 10.7. The topological polar surface area (TPSA) is 68.3 Å². The van der Waals surface area contributed by atoms with Crippen molar-refractivity contribution in [3.8, 4) is 0 Å². The number of rotatable bonds is 4. The van der Waals surface area contributed by atoms with Gasteiger partial charge in [-0.1, -0.05) is 18.2 Å². The lowest BCUT2D eigenvalue weighted by molar-refractivity contribution is 0.0116. The van der Waals surface area contributed by atoms with Crippen LogP contribution in [0.1, 0.15) is 10.6 Å². The monoisotopic (exact) mass is 290 g/mol. The van der Waals surface area contributed by atoms with E-state index < -0.39 is 24.9 Å². The molecule has 2 aromatic rings. The molecule has 0 saturated carbocycles. The van der Waals surface area contributed by atoms with E-state index >= 15 is 0 Å². The third kappa shape index (κ3) is 3.65. The Hall–Kier alpha value is -1.66. The lowest BCUT2D eigenvalue weighted by Gasteiger charge is -2.13. The van der Waals surface area contributed by atoms with Crippen molar-refractivity contribution in [3.05, 3.63) is 36.1 Å². The predicted molar refractivity (Wildman–Crippen MR) is 69.8 cm³/mol. The summed E-state index contributed by atoms with van der Waals surface area (Å²) in [5.41, 5.74) is 5.40. The number of carbonyl (C=O) groups excluding carboxylic acids is 1. The zero-order chi connectivity index (χ0) is 13.2. The van der Waals surface area contributed by atoms with Gasteiger partial charge in [-0.2, -0.15) is 0 Å². The Bertz CT molecular complexity index is 539. The molecule has 0 aliphatic carbocycles. The van der Waals surface area contributed by atoms with Crippen molar-refractivity contribution in [1.82, 2.24) is 5.32 Å². The minimum absolute atomic E-state index is 0. The van der Waals surface area contributed by atoms with Gasteiger partial charge in [0.1, 0.15) is 5.58 Å². The standard InChI is InChI=1S/C12H12F2N2O2.ClH/c13-12(14,6-15)7-16-11(17)10-5-8-3-1-2-4-9(8)18-10;/h1-5H,6-7,15H2,(H,16,17);1H. The predicted octanol–water partition coefficient (Wildman–Crippen LogP) is 2.18. The summed E-state index contributed by atoms with van der Waals surface area (Å²) in [7, 11) is 0. The Morgan fingerprint density at radius 3 is 2.68 bits per heavy atom. The van der Waals surface area contributed by atoms with Crippen LogP contribution < -0.4 is 11.1 Å². The van der Waals surface area contributed by atoms with Gasteiger partial charge < -0.3 is 15.5 Å². The lowest BCUT2D eigenvalue weighted by Crippen LogP contribution is -2.41. The molecular formula is C12H13ClF2N2O2. The van der Waals surface area contributed by atoms with E-state index in [1.54, 1.807) is 24.3 Å². The van der Waals surface area contributed by atoms with Gasteiger partial charge >= 0.3 is 0 Å². The van der Waals surface area contributed by atoms with Crippen molar-refractivity contribution in [2.75, 3.05) is 13.1 Å². The van der Waals surface area contributed by atoms with Crippen LogP contribution in [0.2, 0.25) is 0 Å². The van der Waals surface area contributed by atoms with Crippen LogP contribution in [0.5, 0.6) is 0 Å². The first-order chi connectivity index (χ1) is 8.52. The third-order valence-corrected chi connectivity index (χ3v) is 2.46. The molecule has 0 aliphatic rings. The van der Waals surface area contributed by atoms with E-state index in [-0.39, 0.29) is 18.2 Å². The average molecular weight is 291 g/mol. The second-order valence-corrected chi connectivity index (χ2v) is 3.89. The SMILES string of the molecule is Cl.NCC(F)(F)CNC(=O)c1cc2ccccc2o1. The number of furan rings is 1. The molecule has 0 spiro atoms. The molecule has 0 aliphatic heterocycles. The number of carbonyl (C=O) groups is 1. The highest BCUT2D eigenvalue weighted by atomic mass is 35.5. The summed E-state index contributed by atoms with van der Waals surface area (Å²) < 4.78 is 31.0.